The molecule has 0 radical (unpaired) electrons. The molecular weight excluding hydrogens is 311 g/mol. The van der Waals surface area contributed by atoms with Crippen LogP contribution in [-0.4, -0.2) is 72.6 Å². The Morgan fingerprint density at radius 2 is 1.57 bits per heavy atom. The molecule has 2 rings (SSSR count). The average molecular weight is 348 g/mol. The second-order valence-electron chi connectivity index (χ2n) is 5.88. The summed E-state index contributed by atoms with van der Waals surface area (Å²) in [5.41, 5.74) is 0. The van der Waals surface area contributed by atoms with Gasteiger partial charge in [0.25, 0.3) is 8.45 Å². The van der Waals surface area contributed by atoms with E-state index in [-0.39, 0.29) is 6.10 Å². The molecule has 2 fully saturated rings. The molecule has 0 saturated carbocycles. The van der Waals surface area contributed by atoms with E-state index >= 15 is 0 Å². The van der Waals surface area contributed by atoms with Crippen molar-refractivity contribution in [3.63, 3.8) is 0 Å². The highest BCUT2D eigenvalue weighted by Gasteiger charge is 2.15. The Hall–Kier alpha value is -0.260. The molecule has 0 spiro atoms. The van der Waals surface area contributed by atoms with Gasteiger partial charge in [-0.1, -0.05) is 13.8 Å². The summed E-state index contributed by atoms with van der Waals surface area (Å²) in [6.07, 6.45) is 7.15. The van der Waals surface area contributed by atoms with E-state index in [1.54, 1.807) is 13.4 Å². The summed E-state index contributed by atoms with van der Waals surface area (Å²) in [6, 6.07) is 0. The van der Waals surface area contributed by atoms with Gasteiger partial charge < -0.3 is 19.5 Å². The van der Waals surface area contributed by atoms with Crippen LogP contribution in [0.15, 0.2) is 4.76 Å². The summed E-state index contributed by atoms with van der Waals surface area (Å²) < 4.78 is 9.75. The average Bonchev–Trinajstić information content (AvgIpc) is 3.19. The van der Waals surface area contributed by atoms with Crippen LogP contribution in [0.3, 0.4) is 0 Å². The first-order chi connectivity index (χ1) is 11.0. The molecule has 2 heterocycles. The molecule has 0 bridgehead atoms. The Morgan fingerprint density at radius 3 is 1.91 bits per heavy atom. The molecule has 138 valence electrons. The van der Waals surface area contributed by atoms with Gasteiger partial charge in [-0.15, -0.1) is 4.83 Å². The summed E-state index contributed by atoms with van der Waals surface area (Å²) >= 11 is 0. The van der Waals surface area contributed by atoms with Crippen molar-refractivity contribution >= 4 is 14.8 Å². The van der Waals surface area contributed by atoms with Gasteiger partial charge in [-0.05, 0) is 59.7 Å². The van der Waals surface area contributed by atoms with E-state index in [1.807, 2.05) is 27.7 Å². The van der Waals surface area contributed by atoms with E-state index in [1.165, 1.54) is 38.8 Å². The fourth-order valence-corrected chi connectivity index (χ4v) is 3.16. The van der Waals surface area contributed by atoms with Crippen molar-refractivity contribution in [2.75, 3.05) is 40.3 Å². The van der Waals surface area contributed by atoms with Crippen LogP contribution in [0.2, 0.25) is 0 Å². The van der Waals surface area contributed by atoms with Crippen molar-refractivity contribution < 1.29 is 9.73 Å². The smallest absolute Gasteiger partial charge is 0.264 e. The van der Waals surface area contributed by atoms with Crippen molar-refractivity contribution in [1.29, 1.82) is 0 Å². The van der Waals surface area contributed by atoms with Gasteiger partial charge in [0.2, 0.25) is 0 Å². The summed E-state index contributed by atoms with van der Waals surface area (Å²) in [6.45, 7) is 12.6. The van der Waals surface area contributed by atoms with Gasteiger partial charge in [-0.25, -0.2) is 4.76 Å². The third-order valence-corrected chi connectivity index (χ3v) is 4.74. The molecule has 0 aliphatic carbocycles. The van der Waals surface area contributed by atoms with Crippen molar-refractivity contribution in [3.8, 4) is 0 Å². The predicted molar refractivity (Wildman–Crippen MR) is 100 cm³/mol. The number of hydroxylamine groups is 1. The Balaban J connectivity index is 0.000000501. The van der Waals surface area contributed by atoms with Crippen LogP contribution in [0.25, 0.3) is 0 Å². The first kappa shape index (κ1) is 22.7. The van der Waals surface area contributed by atoms with Crippen molar-refractivity contribution in [3.05, 3.63) is 0 Å². The monoisotopic (exact) mass is 348 g/mol. The zero-order valence-electron chi connectivity index (χ0n) is 15.9. The minimum atomic E-state index is -1.26. The topological polar surface area (TPSA) is 51.5 Å². The molecule has 2 aliphatic heterocycles. The predicted octanol–water partition coefficient (Wildman–Crippen LogP) is 3.82. The molecule has 23 heavy (non-hydrogen) atoms. The van der Waals surface area contributed by atoms with E-state index in [0.717, 1.165) is 17.9 Å². The van der Waals surface area contributed by atoms with Gasteiger partial charge in [0, 0.05) is 20.1 Å². The molecule has 2 aliphatic rings. The van der Waals surface area contributed by atoms with E-state index < -0.39 is 8.45 Å². The fraction of sp³-hybridized carbons (Fsp3) is 0.938. The highest BCUT2D eigenvalue weighted by Crippen LogP contribution is 2.41. The summed E-state index contributed by atoms with van der Waals surface area (Å²) in [5.74, 6) is 0. The molecule has 0 aromatic rings. The Labute approximate surface area is 144 Å². The minimum Gasteiger partial charge on any atom is -0.363 e. The lowest BCUT2D eigenvalue weighted by molar-refractivity contribution is 0.0178. The van der Waals surface area contributed by atoms with E-state index in [2.05, 4.69) is 21.6 Å². The quantitative estimate of drug-likeness (QED) is 0.354. The number of rotatable bonds is 5. The van der Waals surface area contributed by atoms with Crippen LogP contribution >= 0.6 is 8.45 Å². The Bertz CT molecular complexity index is 292. The third kappa shape index (κ3) is 11.8. The van der Waals surface area contributed by atoms with Crippen LogP contribution in [0.5, 0.6) is 0 Å². The lowest BCUT2D eigenvalue weighted by Crippen LogP contribution is -2.17. The van der Waals surface area contributed by atoms with Gasteiger partial charge in [-0.2, -0.15) is 0 Å². The maximum atomic E-state index is 9.34. The maximum absolute atomic E-state index is 9.34. The lowest BCUT2D eigenvalue weighted by Gasteiger charge is -2.20. The fourth-order valence-electron chi connectivity index (χ4n) is 2.21. The van der Waals surface area contributed by atoms with Gasteiger partial charge in [0.05, 0.1) is 12.4 Å². The first-order valence-corrected chi connectivity index (χ1v) is 10.0. The molecule has 0 aromatic carbocycles. The van der Waals surface area contributed by atoms with E-state index in [9.17, 15) is 5.21 Å². The van der Waals surface area contributed by atoms with Crippen LogP contribution in [0.1, 0.15) is 53.4 Å². The summed E-state index contributed by atoms with van der Waals surface area (Å²) in [5, 5.41) is 9.34. The van der Waals surface area contributed by atoms with Crippen LogP contribution in [0.4, 0.5) is 0 Å². The number of likely N-dealkylation sites (tertiary alicyclic amines) is 2. The third-order valence-electron chi connectivity index (χ3n) is 3.34. The van der Waals surface area contributed by atoms with E-state index in [4.69, 9.17) is 4.52 Å². The molecule has 7 heteroatoms. The maximum Gasteiger partial charge on any atom is 0.264 e. The van der Waals surface area contributed by atoms with Gasteiger partial charge in [0.15, 0.2) is 0 Å². The molecule has 6 nitrogen and oxygen atoms in total. The van der Waals surface area contributed by atoms with Crippen molar-refractivity contribution in [2.45, 2.75) is 59.5 Å². The second-order valence-corrected chi connectivity index (χ2v) is 7.41. The number of hydrogen-bond donors (Lipinski definition) is 1. The molecule has 1 N–H and O–H groups in total. The summed E-state index contributed by atoms with van der Waals surface area (Å²) in [7, 11) is 2.48. The molecule has 0 amide bonds. The normalized spacial score (nSPS) is 19.8. The highest BCUT2D eigenvalue weighted by atomic mass is 31.2. The number of nitrogens with zero attached hydrogens (tertiary/aromatic N) is 4. The molecule has 2 saturated heterocycles. The second kappa shape index (κ2) is 14.1. The molecule has 1 unspecified atom stereocenters. The minimum absolute atomic E-state index is 0.0708. The molecular formula is C16H37N4O2P. The SMILES string of the molecule is CC.CC(C)OP(N=CN1CCCC1)N(C)O.CN1CCCC1. The Morgan fingerprint density at radius 1 is 1.09 bits per heavy atom. The largest absolute Gasteiger partial charge is 0.363 e. The lowest BCUT2D eigenvalue weighted by atomic mass is 10.4. The standard InChI is InChI=1S/C9H20N3O2P.C5H11N.C2H6/c1-9(2)14-15(11(3)13)10-8-12-6-4-5-7-12;1-6-4-2-3-5-6;1-2/h8-9,13H,4-7H2,1-3H3;2-5H2,1H3;1-2H3. The van der Waals surface area contributed by atoms with Crippen molar-refractivity contribution in [1.82, 2.24) is 14.6 Å². The van der Waals surface area contributed by atoms with Crippen LogP contribution in [-0.2, 0) is 4.52 Å². The van der Waals surface area contributed by atoms with Gasteiger partial charge in [0.1, 0.15) is 0 Å². The van der Waals surface area contributed by atoms with E-state index in [0.29, 0.717) is 0 Å². The molecule has 0 aromatic heterocycles. The van der Waals surface area contributed by atoms with Crippen LogP contribution in [0, 0.1) is 0 Å². The van der Waals surface area contributed by atoms with Crippen LogP contribution < -0.4 is 0 Å². The summed E-state index contributed by atoms with van der Waals surface area (Å²) in [4.78, 5) is 5.56. The first-order valence-electron chi connectivity index (χ1n) is 8.85. The highest BCUT2D eigenvalue weighted by molar-refractivity contribution is 7.48. The zero-order chi connectivity index (χ0) is 17.7. The Kier molecular flexibility index (Phi) is 14.0. The van der Waals surface area contributed by atoms with Gasteiger partial charge >= 0.3 is 0 Å². The van der Waals surface area contributed by atoms with Crippen molar-refractivity contribution in [2.24, 2.45) is 4.76 Å². The molecule has 1 atom stereocenters. The number of hydrogen-bond acceptors (Lipinski definition) is 5. The van der Waals surface area contributed by atoms with Gasteiger partial charge in [-0.3, -0.25) is 0 Å². The zero-order valence-corrected chi connectivity index (χ0v) is 16.8.